The average molecular weight is 294 g/mol. The van der Waals surface area contributed by atoms with Gasteiger partial charge in [0.1, 0.15) is 5.82 Å². The van der Waals surface area contributed by atoms with Gasteiger partial charge in [0.2, 0.25) is 5.91 Å². The zero-order chi connectivity index (χ0) is 15.5. The molecule has 1 fully saturated rings. The number of primary amides is 1. The molecule has 1 saturated carbocycles. The Labute approximate surface area is 124 Å². The fourth-order valence-corrected chi connectivity index (χ4v) is 3.09. The van der Waals surface area contributed by atoms with Crippen molar-refractivity contribution >= 4 is 5.91 Å². The van der Waals surface area contributed by atoms with Crippen molar-refractivity contribution in [3.8, 4) is 0 Å². The van der Waals surface area contributed by atoms with E-state index in [1.807, 2.05) is 0 Å². The fraction of sp³-hybridized carbons (Fsp3) is 0.562. The molecule has 21 heavy (non-hydrogen) atoms. The molecule has 0 aliphatic heterocycles. The van der Waals surface area contributed by atoms with E-state index in [4.69, 9.17) is 5.73 Å². The Kier molecular flexibility index (Phi) is 4.96. The predicted octanol–water partition coefficient (Wildman–Crippen LogP) is 1.96. The van der Waals surface area contributed by atoms with Gasteiger partial charge < -0.3 is 16.2 Å². The number of carbonyl (C=O) groups is 1. The van der Waals surface area contributed by atoms with Crippen LogP contribution in [0.25, 0.3) is 0 Å². The number of rotatable bonds is 5. The Bertz CT molecular complexity index is 521. The summed E-state index contributed by atoms with van der Waals surface area (Å²) in [4.78, 5) is 11.1. The number of hydrogen-bond donors (Lipinski definition) is 3. The van der Waals surface area contributed by atoms with Gasteiger partial charge in [-0.25, -0.2) is 4.39 Å². The first kappa shape index (κ1) is 15.9. The summed E-state index contributed by atoms with van der Waals surface area (Å²) in [6.07, 6.45) is 3.71. The fourth-order valence-electron chi connectivity index (χ4n) is 3.09. The van der Waals surface area contributed by atoms with E-state index in [2.05, 4.69) is 12.2 Å². The molecule has 1 amide bonds. The first-order valence-corrected chi connectivity index (χ1v) is 7.41. The second-order valence-electron chi connectivity index (χ2n) is 6.20. The molecular weight excluding hydrogens is 271 g/mol. The Morgan fingerprint density at radius 1 is 1.57 bits per heavy atom. The van der Waals surface area contributed by atoms with E-state index < -0.39 is 11.5 Å². The van der Waals surface area contributed by atoms with Gasteiger partial charge in [0.15, 0.2) is 0 Å². The van der Waals surface area contributed by atoms with Crippen molar-refractivity contribution in [1.82, 2.24) is 5.32 Å². The number of nitrogens with one attached hydrogen (secondary N) is 1. The van der Waals surface area contributed by atoms with Crippen LogP contribution in [0, 0.1) is 11.7 Å². The quantitative estimate of drug-likeness (QED) is 0.777. The van der Waals surface area contributed by atoms with Crippen molar-refractivity contribution < 1.29 is 14.3 Å². The first-order valence-electron chi connectivity index (χ1n) is 7.41. The zero-order valence-electron chi connectivity index (χ0n) is 12.4. The molecule has 0 bridgehead atoms. The van der Waals surface area contributed by atoms with Crippen molar-refractivity contribution in [1.29, 1.82) is 0 Å². The van der Waals surface area contributed by atoms with Crippen LogP contribution < -0.4 is 11.1 Å². The van der Waals surface area contributed by atoms with E-state index in [1.165, 1.54) is 18.2 Å². The van der Waals surface area contributed by atoms with Gasteiger partial charge in [-0.3, -0.25) is 4.79 Å². The summed E-state index contributed by atoms with van der Waals surface area (Å²) in [6, 6.07) is 4.07. The number of aliphatic hydroxyl groups is 1. The summed E-state index contributed by atoms with van der Waals surface area (Å²) >= 11 is 0. The highest BCUT2D eigenvalue weighted by atomic mass is 19.1. The van der Waals surface area contributed by atoms with Crippen LogP contribution in [0.3, 0.4) is 0 Å². The topological polar surface area (TPSA) is 75.3 Å². The Hall–Kier alpha value is -1.46. The number of carbonyl (C=O) groups excluding carboxylic acids is 1. The lowest BCUT2D eigenvalue weighted by Crippen LogP contribution is -2.43. The summed E-state index contributed by atoms with van der Waals surface area (Å²) in [5.74, 6) is -0.437. The molecule has 0 spiro atoms. The molecule has 4 N–H and O–H groups in total. The largest absolute Gasteiger partial charge is 0.389 e. The predicted molar refractivity (Wildman–Crippen MR) is 79.2 cm³/mol. The number of nitrogens with two attached hydrogens (primary N) is 1. The van der Waals surface area contributed by atoms with Crippen LogP contribution >= 0.6 is 0 Å². The highest BCUT2D eigenvalue weighted by molar-refractivity contribution is 5.92. The highest BCUT2D eigenvalue weighted by Crippen LogP contribution is 2.31. The molecule has 0 radical (unpaired) electrons. The van der Waals surface area contributed by atoms with Gasteiger partial charge in [0.05, 0.1) is 5.60 Å². The minimum atomic E-state index is -0.713. The van der Waals surface area contributed by atoms with Gasteiger partial charge >= 0.3 is 0 Å². The van der Waals surface area contributed by atoms with Gasteiger partial charge in [0.25, 0.3) is 0 Å². The maximum Gasteiger partial charge on any atom is 0.248 e. The molecule has 1 aromatic rings. The molecule has 2 rings (SSSR count). The third kappa shape index (κ3) is 4.25. The molecular formula is C16H23FN2O2. The van der Waals surface area contributed by atoms with Gasteiger partial charge in [-0.05, 0) is 37.0 Å². The van der Waals surface area contributed by atoms with Crippen LogP contribution in [0.15, 0.2) is 18.2 Å². The minimum absolute atomic E-state index is 0.268. The van der Waals surface area contributed by atoms with Crippen molar-refractivity contribution in [2.24, 2.45) is 11.7 Å². The average Bonchev–Trinajstić information content (AvgIpc) is 2.40. The van der Waals surface area contributed by atoms with E-state index in [1.54, 1.807) is 0 Å². The van der Waals surface area contributed by atoms with Crippen molar-refractivity contribution in [3.05, 3.63) is 35.1 Å². The Morgan fingerprint density at radius 2 is 2.33 bits per heavy atom. The van der Waals surface area contributed by atoms with Crippen LogP contribution in [0.5, 0.6) is 0 Å². The molecule has 0 heterocycles. The maximum absolute atomic E-state index is 13.7. The standard InChI is InChI=1S/C16H23FN2O2/c1-11-3-2-6-16(21,8-11)10-19-9-13-7-12(15(18)20)4-5-14(13)17/h4-5,7,11,19,21H,2-3,6,8-10H2,1H3,(H2,18,20). The number of halogens is 1. The number of benzene rings is 1. The molecule has 4 nitrogen and oxygen atoms in total. The van der Waals surface area contributed by atoms with Gasteiger partial charge in [-0.15, -0.1) is 0 Å². The van der Waals surface area contributed by atoms with Crippen molar-refractivity contribution in [3.63, 3.8) is 0 Å². The summed E-state index contributed by atoms with van der Waals surface area (Å²) in [6.45, 7) is 2.83. The van der Waals surface area contributed by atoms with Gasteiger partial charge in [0, 0.05) is 24.2 Å². The van der Waals surface area contributed by atoms with Crippen LogP contribution in [-0.2, 0) is 6.54 Å². The molecule has 2 atom stereocenters. The molecule has 2 unspecified atom stereocenters. The molecule has 0 aromatic heterocycles. The third-order valence-electron chi connectivity index (χ3n) is 4.17. The minimum Gasteiger partial charge on any atom is -0.389 e. The van der Waals surface area contributed by atoms with Crippen LogP contribution in [0.1, 0.15) is 48.5 Å². The van der Waals surface area contributed by atoms with Crippen molar-refractivity contribution in [2.75, 3.05) is 6.54 Å². The lowest BCUT2D eigenvalue weighted by Gasteiger charge is -2.35. The lowest BCUT2D eigenvalue weighted by molar-refractivity contribution is -0.0119. The van der Waals surface area contributed by atoms with Gasteiger partial charge in [-0.2, -0.15) is 0 Å². The Morgan fingerprint density at radius 3 is 3.00 bits per heavy atom. The van der Waals surface area contributed by atoms with E-state index >= 15 is 0 Å². The van der Waals surface area contributed by atoms with Crippen molar-refractivity contribution in [2.45, 2.75) is 44.8 Å². The normalized spacial score (nSPS) is 25.8. The molecule has 1 aromatic carbocycles. The highest BCUT2D eigenvalue weighted by Gasteiger charge is 2.32. The second-order valence-corrected chi connectivity index (χ2v) is 6.20. The van der Waals surface area contributed by atoms with Gasteiger partial charge in [-0.1, -0.05) is 19.8 Å². The number of hydrogen-bond acceptors (Lipinski definition) is 3. The van der Waals surface area contributed by atoms with E-state index in [0.717, 1.165) is 25.7 Å². The van der Waals surface area contributed by atoms with Crippen LogP contribution in [0.2, 0.25) is 0 Å². The summed E-state index contributed by atoms with van der Waals surface area (Å²) in [5, 5.41) is 13.6. The molecule has 5 heteroatoms. The van der Waals surface area contributed by atoms with E-state index in [-0.39, 0.29) is 12.4 Å². The van der Waals surface area contributed by atoms with E-state index in [0.29, 0.717) is 23.6 Å². The summed E-state index contributed by atoms with van der Waals surface area (Å²) in [7, 11) is 0. The summed E-state index contributed by atoms with van der Waals surface area (Å²) < 4.78 is 13.7. The smallest absolute Gasteiger partial charge is 0.248 e. The SMILES string of the molecule is CC1CCCC(O)(CNCc2cc(C(N)=O)ccc2F)C1. The van der Waals surface area contributed by atoms with Crippen LogP contribution in [0.4, 0.5) is 4.39 Å². The molecule has 1 aliphatic carbocycles. The number of amides is 1. The van der Waals surface area contributed by atoms with Crippen LogP contribution in [-0.4, -0.2) is 23.2 Å². The van der Waals surface area contributed by atoms with E-state index in [9.17, 15) is 14.3 Å². The second kappa shape index (κ2) is 6.54. The Balaban J connectivity index is 1.94. The maximum atomic E-state index is 13.7. The summed E-state index contributed by atoms with van der Waals surface area (Å²) in [5.41, 5.74) is 5.16. The molecule has 1 aliphatic rings. The molecule has 0 saturated heterocycles. The lowest BCUT2D eigenvalue weighted by atomic mass is 9.79. The first-order chi connectivity index (χ1) is 9.89. The zero-order valence-corrected chi connectivity index (χ0v) is 12.4. The third-order valence-corrected chi connectivity index (χ3v) is 4.17. The molecule has 116 valence electrons. The monoisotopic (exact) mass is 294 g/mol.